The first-order valence-corrected chi connectivity index (χ1v) is 7.54. The predicted octanol–water partition coefficient (Wildman–Crippen LogP) is 2.27. The smallest absolute Gasteiger partial charge is 0.258 e. The number of amides is 1. The maximum absolute atomic E-state index is 12.0. The summed E-state index contributed by atoms with van der Waals surface area (Å²) < 4.78 is 10.8. The Balaban J connectivity index is 0.00000242. The molecule has 0 spiro atoms. The maximum atomic E-state index is 12.0. The van der Waals surface area contributed by atoms with Crippen molar-refractivity contribution < 1.29 is 14.3 Å². The maximum Gasteiger partial charge on any atom is 0.258 e. The van der Waals surface area contributed by atoms with Gasteiger partial charge in [0, 0.05) is 6.54 Å². The molecule has 0 heterocycles. The molecule has 22 heavy (non-hydrogen) atoms. The fraction of sp³-hybridized carbons (Fsp3) is 0.562. The van der Waals surface area contributed by atoms with Crippen LogP contribution in [0.4, 0.5) is 0 Å². The molecule has 5 nitrogen and oxygen atoms in total. The lowest BCUT2D eigenvalue weighted by molar-refractivity contribution is -0.124. The highest BCUT2D eigenvalue weighted by atomic mass is 35.5. The molecule has 1 aromatic carbocycles. The van der Waals surface area contributed by atoms with E-state index in [0.29, 0.717) is 18.9 Å². The number of rotatable bonds is 7. The van der Waals surface area contributed by atoms with Crippen molar-refractivity contribution in [3.05, 3.63) is 24.3 Å². The van der Waals surface area contributed by atoms with Crippen LogP contribution in [-0.4, -0.2) is 31.2 Å². The number of halogens is 1. The van der Waals surface area contributed by atoms with Gasteiger partial charge in [-0.15, -0.1) is 12.4 Å². The number of ether oxygens (including phenoxy) is 2. The van der Waals surface area contributed by atoms with Gasteiger partial charge in [-0.25, -0.2) is 0 Å². The number of hydrogen-bond donors (Lipinski definition) is 2. The first-order valence-electron chi connectivity index (χ1n) is 7.54. The third-order valence-electron chi connectivity index (χ3n) is 3.86. The fourth-order valence-corrected chi connectivity index (χ4v) is 2.71. The van der Waals surface area contributed by atoms with Crippen LogP contribution in [0.1, 0.15) is 32.6 Å². The molecule has 1 fully saturated rings. The molecule has 0 unspecified atom stereocenters. The first kappa shape index (κ1) is 18.6. The highest BCUT2D eigenvalue weighted by molar-refractivity contribution is 5.85. The van der Waals surface area contributed by atoms with Crippen LogP contribution in [0.2, 0.25) is 0 Å². The van der Waals surface area contributed by atoms with Gasteiger partial charge in [0.1, 0.15) is 11.5 Å². The summed E-state index contributed by atoms with van der Waals surface area (Å²) in [5.74, 6) is 1.33. The van der Waals surface area contributed by atoms with Gasteiger partial charge in [-0.1, -0.05) is 12.8 Å². The minimum Gasteiger partial charge on any atom is -0.494 e. The molecule has 1 saturated carbocycles. The summed E-state index contributed by atoms with van der Waals surface area (Å²) in [6, 6.07) is 7.25. The number of carbonyl (C=O) groups excluding carboxylic acids is 1. The molecule has 0 saturated heterocycles. The quantitative estimate of drug-likeness (QED) is 0.805. The highest BCUT2D eigenvalue weighted by Gasteiger charge is 2.33. The van der Waals surface area contributed by atoms with Crippen LogP contribution in [0, 0.1) is 0 Å². The van der Waals surface area contributed by atoms with Crippen LogP contribution in [0.15, 0.2) is 24.3 Å². The predicted molar refractivity (Wildman–Crippen MR) is 88.8 cm³/mol. The topological polar surface area (TPSA) is 73.6 Å². The fourth-order valence-electron chi connectivity index (χ4n) is 2.71. The molecule has 0 aliphatic heterocycles. The molecule has 2 rings (SSSR count). The molecule has 124 valence electrons. The molecule has 0 radical (unpaired) electrons. The molecule has 3 N–H and O–H groups in total. The number of hydrogen-bond acceptors (Lipinski definition) is 4. The van der Waals surface area contributed by atoms with Crippen LogP contribution in [0.5, 0.6) is 11.5 Å². The van der Waals surface area contributed by atoms with E-state index in [1.54, 1.807) is 12.1 Å². The van der Waals surface area contributed by atoms with Gasteiger partial charge in [0.15, 0.2) is 6.61 Å². The second-order valence-corrected chi connectivity index (χ2v) is 5.43. The molecule has 1 aromatic rings. The van der Waals surface area contributed by atoms with E-state index in [9.17, 15) is 4.79 Å². The van der Waals surface area contributed by atoms with Crippen LogP contribution >= 0.6 is 12.4 Å². The Morgan fingerprint density at radius 3 is 2.23 bits per heavy atom. The van der Waals surface area contributed by atoms with Crippen LogP contribution in [0.25, 0.3) is 0 Å². The number of benzene rings is 1. The largest absolute Gasteiger partial charge is 0.494 e. The lowest BCUT2D eigenvalue weighted by Crippen LogP contribution is -2.52. The monoisotopic (exact) mass is 328 g/mol. The SMILES string of the molecule is CCOc1ccc(OCC(=O)NC2(CN)CCCC2)cc1.Cl. The van der Waals surface area contributed by atoms with Crippen LogP contribution in [-0.2, 0) is 4.79 Å². The van der Waals surface area contributed by atoms with Crippen molar-refractivity contribution in [3.8, 4) is 11.5 Å². The van der Waals surface area contributed by atoms with Crippen molar-refractivity contribution in [2.45, 2.75) is 38.1 Å². The zero-order chi connectivity index (χ0) is 15.1. The minimum atomic E-state index is -0.223. The molecule has 0 aromatic heterocycles. The van der Waals surface area contributed by atoms with Crippen molar-refractivity contribution in [2.75, 3.05) is 19.8 Å². The van der Waals surface area contributed by atoms with Crippen molar-refractivity contribution in [1.82, 2.24) is 5.32 Å². The van der Waals surface area contributed by atoms with Gasteiger partial charge in [0.2, 0.25) is 0 Å². The zero-order valence-corrected chi connectivity index (χ0v) is 13.8. The Bertz CT molecular complexity index is 459. The molecule has 6 heteroatoms. The average molecular weight is 329 g/mol. The number of carbonyl (C=O) groups is 1. The number of nitrogens with two attached hydrogens (primary N) is 1. The minimum absolute atomic E-state index is 0. The Kier molecular flexibility index (Phi) is 7.48. The normalized spacial score (nSPS) is 15.7. The molecular formula is C16H25ClN2O3. The molecule has 0 bridgehead atoms. The van der Waals surface area contributed by atoms with Gasteiger partial charge < -0.3 is 20.5 Å². The van der Waals surface area contributed by atoms with E-state index in [4.69, 9.17) is 15.2 Å². The van der Waals surface area contributed by atoms with Gasteiger partial charge in [-0.2, -0.15) is 0 Å². The van der Waals surface area contributed by atoms with Gasteiger partial charge >= 0.3 is 0 Å². The van der Waals surface area contributed by atoms with Gasteiger partial charge in [0.25, 0.3) is 5.91 Å². The summed E-state index contributed by atoms with van der Waals surface area (Å²) in [6.45, 7) is 3.06. The Morgan fingerprint density at radius 1 is 1.18 bits per heavy atom. The summed E-state index contributed by atoms with van der Waals surface area (Å²) in [6.07, 6.45) is 4.16. The van der Waals surface area contributed by atoms with Crippen molar-refractivity contribution in [2.24, 2.45) is 5.73 Å². The van der Waals surface area contributed by atoms with E-state index >= 15 is 0 Å². The van der Waals surface area contributed by atoms with E-state index in [-0.39, 0.29) is 30.5 Å². The van der Waals surface area contributed by atoms with Crippen LogP contribution in [0.3, 0.4) is 0 Å². The third kappa shape index (κ3) is 5.07. The van der Waals surface area contributed by atoms with E-state index in [2.05, 4.69) is 5.32 Å². The Morgan fingerprint density at radius 2 is 1.73 bits per heavy atom. The summed E-state index contributed by atoms with van der Waals surface area (Å²) >= 11 is 0. The van der Waals surface area contributed by atoms with Gasteiger partial charge in [0.05, 0.1) is 12.1 Å². The second kappa shape index (κ2) is 8.86. The Hall–Kier alpha value is -1.46. The van der Waals surface area contributed by atoms with Crippen molar-refractivity contribution >= 4 is 18.3 Å². The van der Waals surface area contributed by atoms with E-state index < -0.39 is 0 Å². The van der Waals surface area contributed by atoms with Gasteiger partial charge in [-0.05, 0) is 44.0 Å². The molecule has 0 atom stereocenters. The van der Waals surface area contributed by atoms with E-state index in [0.717, 1.165) is 31.4 Å². The third-order valence-corrected chi connectivity index (χ3v) is 3.86. The average Bonchev–Trinajstić information content (AvgIpc) is 2.96. The first-order chi connectivity index (χ1) is 10.2. The lowest BCUT2D eigenvalue weighted by Gasteiger charge is -2.28. The highest BCUT2D eigenvalue weighted by Crippen LogP contribution is 2.28. The molecule has 1 amide bonds. The standard InChI is InChI=1S/C16H24N2O3.ClH/c1-2-20-13-5-7-14(8-6-13)21-11-15(19)18-16(12-17)9-3-4-10-16;/h5-8H,2-4,9-12,17H2,1H3,(H,18,19);1H. The molecule has 1 aliphatic rings. The summed E-state index contributed by atoms with van der Waals surface area (Å²) in [5, 5.41) is 3.03. The van der Waals surface area contributed by atoms with Gasteiger partial charge in [-0.3, -0.25) is 4.79 Å². The molecular weight excluding hydrogens is 304 g/mol. The summed E-state index contributed by atoms with van der Waals surface area (Å²) in [5.41, 5.74) is 5.58. The summed E-state index contributed by atoms with van der Waals surface area (Å²) in [7, 11) is 0. The lowest BCUT2D eigenvalue weighted by atomic mass is 9.98. The zero-order valence-electron chi connectivity index (χ0n) is 13.0. The van der Waals surface area contributed by atoms with Crippen molar-refractivity contribution in [3.63, 3.8) is 0 Å². The van der Waals surface area contributed by atoms with E-state index in [1.807, 2.05) is 19.1 Å². The summed E-state index contributed by atoms with van der Waals surface area (Å²) in [4.78, 5) is 12.0. The van der Waals surface area contributed by atoms with Crippen molar-refractivity contribution in [1.29, 1.82) is 0 Å². The number of nitrogens with one attached hydrogen (secondary N) is 1. The molecule has 1 aliphatic carbocycles. The Labute approximate surface area is 138 Å². The van der Waals surface area contributed by atoms with E-state index in [1.165, 1.54) is 0 Å². The van der Waals surface area contributed by atoms with Crippen LogP contribution < -0.4 is 20.5 Å². The second-order valence-electron chi connectivity index (χ2n) is 5.43.